The number of amides is 1. The third kappa shape index (κ3) is 4.06. The van der Waals surface area contributed by atoms with Gasteiger partial charge in [0.05, 0.1) is 10.6 Å². The van der Waals surface area contributed by atoms with Crippen molar-refractivity contribution < 1.29 is 9.18 Å². The fraction of sp³-hybridized carbons (Fsp3) is 0.462. The Morgan fingerprint density at radius 1 is 1.53 bits per heavy atom. The molecule has 19 heavy (non-hydrogen) atoms. The lowest BCUT2D eigenvalue weighted by Gasteiger charge is -2.28. The highest BCUT2D eigenvalue weighted by Gasteiger charge is 2.22. The molecule has 0 radical (unpaired) electrons. The Balaban J connectivity index is 0.00000180. The lowest BCUT2D eigenvalue weighted by atomic mass is 10.0. The van der Waals surface area contributed by atoms with Crippen molar-refractivity contribution in [2.45, 2.75) is 31.8 Å². The predicted molar refractivity (Wildman–Crippen MR) is 76.6 cm³/mol. The molecule has 2 unspecified atom stereocenters. The third-order valence-electron chi connectivity index (χ3n) is 3.16. The van der Waals surface area contributed by atoms with Gasteiger partial charge in [-0.05, 0) is 38.4 Å². The van der Waals surface area contributed by atoms with E-state index in [-0.39, 0.29) is 34.9 Å². The number of rotatable bonds is 2. The van der Waals surface area contributed by atoms with Gasteiger partial charge >= 0.3 is 0 Å². The molecule has 2 rings (SSSR count). The molecular weight excluding hydrogens is 290 g/mol. The van der Waals surface area contributed by atoms with Crippen molar-refractivity contribution in [3.05, 3.63) is 34.6 Å². The second kappa shape index (κ2) is 7.08. The first-order chi connectivity index (χ1) is 8.58. The zero-order valence-electron chi connectivity index (χ0n) is 10.6. The monoisotopic (exact) mass is 306 g/mol. The highest BCUT2D eigenvalue weighted by Crippen LogP contribution is 2.20. The number of hydrogen-bond donors (Lipinski definition) is 2. The van der Waals surface area contributed by atoms with Crippen molar-refractivity contribution >= 4 is 29.9 Å². The first kappa shape index (κ1) is 16.2. The van der Waals surface area contributed by atoms with Gasteiger partial charge in [0, 0.05) is 12.1 Å². The first-order valence-corrected chi connectivity index (χ1v) is 6.44. The molecule has 3 nitrogen and oxygen atoms in total. The smallest absolute Gasteiger partial charge is 0.253 e. The van der Waals surface area contributed by atoms with E-state index in [2.05, 4.69) is 17.6 Å². The molecule has 0 spiro atoms. The van der Waals surface area contributed by atoms with E-state index in [1.165, 1.54) is 18.2 Å². The summed E-state index contributed by atoms with van der Waals surface area (Å²) >= 11 is 5.79. The SMILES string of the molecule is CC1CC(NC(=O)c2cccc(F)c2Cl)CCN1.Cl. The van der Waals surface area contributed by atoms with Gasteiger partial charge in [0.2, 0.25) is 0 Å². The van der Waals surface area contributed by atoms with Gasteiger partial charge in [-0.25, -0.2) is 4.39 Å². The summed E-state index contributed by atoms with van der Waals surface area (Å²) in [5, 5.41) is 6.10. The van der Waals surface area contributed by atoms with Crippen LogP contribution in [-0.4, -0.2) is 24.5 Å². The Labute approximate surface area is 123 Å². The van der Waals surface area contributed by atoms with Crippen LogP contribution in [0.4, 0.5) is 4.39 Å². The van der Waals surface area contributed by atoms with Crippen molar-refractivity contribution in [3.8, 4) is 0 Å². The molecular formula is C13H17Cl2FN2O. The summed E-state index contributed by atoms with van der Waals surface area (Å²) in [5.74, 6) is -0.874. The van der Waals surface area contributed by atoms with Gasteiger partial charge in [-0.2, -0.15) is 0 Å². The molecule has 1 aromatic rings. The van der Waals surface area contributed by atoms with Crippen molar-refractivity contribution in [2.24, 2.45) is 0 Å². The van der Waals surface area contributed by atoms with Gasteiger partial charge in [0.25, 0.3) is 5.91 Å². The number of piperidine rings is 1. The molecule has 6 heteroatoms. The molecule has 1 saturated heterocycles. The average Bonchev–Trinajstić information content (AvgIpc) is 2.32. The predicted octanol–water partition coefficient (Wildman–Crippen LogP) is 2.77. The van der Waals surface area contributed by atoms with E-state index in [9.17, 15) is 9.18 Å². The molecule has 2 N–H and O–H groups in total. The average molecular weight is 307 g/mol. The Hall–Kier alpha value is -0.840. The number of benzene rings is 1. The summed E-state index contributed by atoms with van der Waals surface area (Å²) in [7, 11) is 0. The number of hydrogen-bond acceptors (Lipinski definition) is 2. The minimum absolute atomic E-state index is 0. The molecule has 1 aliphatic heterocycles. The minimum atomic E-state index is -0.567. The molecule has 1 aromatic carbocycles. The molecule has 1 heterocycles. The Bertz CT molecular complexity index is 456. The van der Waals surface area contributed by atoms with Crippen LogP contribution in [0.2, 0.25) is 5.02 Å². The van der Waals surface area contributed by atoms with E-state index >= 15 is 0 Å². The molecule has 1 aliphatic rings. The first-order valence-electron chi connectivity index (χ1n) is 6.06. The summed E-state index contributed by atoms with van der Waals surface area (Å²) < 4.78 is 13.3. The van der Waals surface area contributed by atoms with Crippen LogP contribution in [0, 0.1) is 5.82 Å². The van der Waals surface area contributed by atoms with Crippen LogP contribution in [0.3, 0.4) is 0 Å². The van der Waals surface area contributed by atoms with Crippen LogP contribution in [-0.2, 0) is 0 Å². The van der Waals surface area contributed by atoms with Crippen LogP contribution >= 0.6 is 24.0 Å². The van der Waals surface area contributed by atoms with E-state index in [4.69, 9.17) is 11.6 Å². The highest BCUT2D eigenvalue weighted by atomic mass is 35.5. The van der Waals surface area contributed by atoms with E-state index in [1.807, 2.05) is 0 Å². The third-order valence-corrected chi connectivity index (χ3v) is 3.54. The molecule has 106 valence electrons. The van der Waals surface area contributed by atoms with Gasteiger partial charge in [-0.3, -0.25) is 4.79 Å². The van der Waals surface area contributed by atoms with Crippen LogP contribution < -0.4 is 10.6 Å². The van der Waals surface area contributed by atoms with E-state index in [0.717, 1.165) is 19.4 Å². The summed E-state index contributed by atoms with van der Waals surface area (Å²) in [5.41, 5.74) is 0.197. The fourth-order valence-corrected chi connectivity index (χ4v) is 2.42. The van der Waals surface area contributed by atoms with Crippen molar-refractivity contribution in [1.29, 1.82) is 0 Å². The fourth-order valence-electron chi connectivity index (χ4n) is 2.21. The van der Waals surface area contributed by atoms with E-state index in [0.29, 0.717) is 6.04 Å². The number of nitrogens with one attached hydrogen (secondary N) is 2. The standard InChI is InChI=1S/C13H16ClFN2O.ClH/c1-8-7-9(5-6-16-8)17-13(18)10-3-2-4-11(15)12(10)14;/h2-4,8-9,16H,5-7H2,1H3,(H,17,18);1H. The molecule has 1 fully saturated rings. The maximum Gasteiger partial charge on any atom is 0.253 e. The van der Waals surface area contributed by atoms with E-state index < -0.39 is 5.82 Å². The Morgan fingerprint density at radius 2 is 2.26 bits per heavy atom. The zero-order chi connectivity index (χ0) is 13.1. The van der Waals surface area contributed by atoms with Crippen LogP contribution in [0.25, 0.3) is 0 Å². The second-order valence-corrected chi connectivity index (χ2v) is 5.03. The van der Waals surface area contributed by atoms with Crippen LogP contribution in [0.1, 0.15) is 30.1 Å². The molecule has 0 saturated carbocycles. The zero-order valence-corrected chi connectivity index (χ0v) is 12.2. The van der Waals surface area contributed by atoms with Gasteiger partial charge in [-0.15, -0.1) is 12.4 Å². The molecule has 0 aliphatic carbocycles. The molecule has 0 aromatic heterocycles. The van der Waals surface area contributed by atoms with Gasteiger partial charge in [-0.1, -0.05) is 17.7 Å². The quantitative estimate of drug-likeness (QED) is 0.882. The van der Waals surface area contributed by atoms with Gasteiger partial charge < -0.3 is 10.6 Å². The molecule has 2 atom stereocenters. The maximum atomic E-state index is 13.3. The molecule has 0 bridgehead atoms. The Morgan fingerprint density at radius 3 is 2.95 bits per heavy atom. The van der Waals surface area contributed by atoms with Gasteiger partial charge in [0.1, 0.15) is 5.82 Å². The van der Waals surface area contributed by atoms with Crippen molar-refractivity contribution in [3.63, 3.8) is 0 Å². The van der Waals surface area contributed by atoms with Crippen LogP contribution in [0.5, 0.6) is 0 Å². The van der Waals surface area contributed by atoms with Gasteiger partial charge in [0.15, 0.2) is 0 Å². The largest absolute Gasteiger partial charge is 0.349 e. The normalized spacial score (nSPS) is 22.5. The summed E-state index contributed by atoms with van der Waals surface area (Å²) in [6.45, 7) is 2.95. The molecule has 1 amide bonds. The summed E-state index contributed by atoms with van der Waals surface area (Å²) in [6, 6.07) is 4.76. The van der Waals surface area contributed by atoms with Crippen molar-refractivity contribution in [2.75, 3.05) is 6.54 Å². The summed E-state index contributed by atoms with van der Waals surface area (Å²) in [6.07, 6.45) is 1.75. The van der Waals surface area contributed by atoms with Crippen LogP contribution in [0.15, 0.2) is 18.2 Å². The number of carbonyl (C=O) groups is 1. The van der Waals surface area contributed by atoms with Crippen molar-refractivity contribution in [1.82, 2.24) is 10.6 Å². The number of halogens is 3. The maximum absolute atomic E-state index is 13.3. The summed E-state index contributed by atoms with van der Waals surface area (Å²) in [4.78, 5) is 12.0. The second-order valence-electron chi connectivity index (χ2n) is 4.65. The topological polar surface area (TPSA) is 41.1 Å². The Kier molecular flexibility index (Phi) is 6.04. The van der Waals surface area contributed by atoms with E-state index in [1.54, 1.807) is 0 Å². The number of carbonyl (C=O) groups excluding carboxylic acids is 1. The lowest BCUT2D eigenvalue weighted by Crippen LogP contribution is -2.46. The highest BCUT2D eigenvalue weighted by molar-refractivity contribution is 6.34. The minimum Gasteiger partial charge on any atom is -0.349 e. The lowest BCUT2D eigenvalue weighted by molar-refractivity contribution is 0.0925.